The summed E-state index contributed by atoms with van der Waals surface area (Å²) in [7, 11) is 0. The molecule has 1 heterocycles. The number of rotatable bonds is 8. The Hall–Kier alpha value is -0.120. The van der Waals surface area contributed by atoms with Gasteiger partial charge in [-0.25, -0.2) is 0 Å². The first-order chi connectivity index (χ1) is 7.86. The van der Waals surface area contributed by atoms with E-state index in [-0.39, 0.29) is 0 Å². The number of nitrogens with one attached hydrogen (secondary N) is 1. The molecule has 0 aliphatic carbocycles. The summed E-state index contributed by atoms with van der Waals surface area (Å²) in [5.41, 5.74) is 0. The van der Waals surface area contributed by atoms with E-state index in [1.165, 1.54) is 25.7 Å². The van der Waals surface area contributed by atoms with Crippen LogP contribution >= 0.6 is 0 Å². The van der Waals surface area contributed by atoms with Crippen molar-refractivity contribution in [2.45, 2.75) is 45.6 Å². The predicted octanol–water partition coefficient (Wildman–Crippen LogP) is 2.21. The van der Waals surface area contributed by atoms with Gasteiger partial charge in [-0.3, -0.25) is 0 Å². The SMILES string of the molecule is CCC(CC)NCCOCC1CCOCC1. The van der Waals surface area contributed by atoms with Crippen LogP contribution in [0.5, 0.6) is 0 Å². The van der Waals surface area contributed by atoms with Crippen LogP contribution in [0.25, 0.3) is 0 Å². The molecule has 96 valence electrons. The maximum Gasteiger partial charge on any atom is 0.0591 e. The number of ether oxygens (including phenoxy) is 2. The van der Waals surface area contributed by atoms with E-state index in [0.29, 0.717) is 6.04 Å². The van der Waals surface area contributed by atoms with Crippen LogP contribution in [-0.4, -0.2) is 39.0 Å². The zero-order valence-electron chi connectivity index (χ0n) is 10.8. The highest BCUT2D eigenvalue weighted by Crippen LogP contribution is 2.14. The van der Waals surface area contributed by atoms with Gasteiger partial charge in [0.05, 0.1) is 6.61 Å². The van der Waals surface area contributed by atoms with Gasteiger partial charge in [0, 0.05) is 32.4 Å². The first-order valence-electron chi connectivity index (χ1n) is 6.75. The molecule has 0 bridgehead atoms. The van der Waals surface area contributed by atoms with Crippen molar-refractivity contribution < 1.29 is 9.47 Å². The largest absolute Gasteiger partial charge is 0.381 e. The van der Waals surface area contributed by atoms with Crippen LogP contribution in [0.2, 0.25) is 0 Å². The molecule has 0 radical (unpaired) electrons. The van der Waals surface area contributed by atoms with Crippen LogP contribution < -0.4 is 5.32 Å². The van der Waals surface area contributed by atoms with Crippen LogP contribution in [0, 0.1) is 5.92 Å². The smallest absolute Gasteiger partial charge is 0.0591 e. The summed E-state index contributed by atoms with van der Waals surface area (Å²) in [5.74, 6) is 0.724. The second-order valence-electron chi connectivity index (χ2n) is 4.60. The molecule has 0 aromatic carbocycles. The molecule has 0 amide bonds. The van der Waals surface area contributed by atoms with E-state index in [0.717, 1.165) is 38.9 Å². The molecular weight excluding hydrogens is 202 g/mol. The Morgan fingerprint density at radius 2 is 1.94 bits per heavy atom. The fourth-order valence-corrected chi connectivity index (χ4v) is 2.08. The molecule has 0 unspecified atom stereocenters. The molecule has 0 aromatic heterocycles. The van der Waals surface area contributed by atoms with Gasteiger partial charge in [-0.05, 0) is 31.6 Å². The maximum atomic E-state index is 5.69. The molecule has 3 heteroatoms. The molecule has 1 aliphatic heterocycles. The van der Waals surface area contributed by atoms with Crippen molar-refractivity contribution in [2.75, 3.05) is 33.0 Å². The number of hydrogen-bond donors (Lipinski definition) is 1. The van der Waals surface area contributed by atoms with Crippen molar-refractivity contribution in [3.63, 3.8) is 0 Å². The minimum absolute atomic E-state index is 0.659. The molecule has 0 spiro atoms. The summed E-state index contributed by atoms with van der Waals surface area (Å²) >= 11 is 0. The highest BCUT2D eigenvalue weighted by Gasteiger charge is 2.13. The second-order valence-corrected chi connectivity index (χ2v) is 4.60. The molecule has 1 fully saturated rings. The third-order valence-corrected chi connectivity index (χ3v) is 3.36. The van der Waals surface area contributed by atoms with Crippen molar-refractivity contribution in [2.24, 2.45) is 5.92 Å². The summed E-state index contributed by atoms with van der Waals surface area (Å²) in [6, 6.07) is 0.659. The summed E-state index contributed by atoms with van der Waals surface area (Å²) in [6.45, 7) is 9.02. The Balaban J connectivity index is 1.90. The Kier molecular flexibility index (Phi) is 7.81. The van der Waals surface area contributed by atoms with Gasteiger partial charge in [0.25, 0.3) is 0 Å². The molecule has 0 saturated carbocycles. The summed E-state index contributed by atoms with van der Waals surface area (Å²) in [5, 5.41) is 3.51. The molecule has 1 saturated heterocycles. The van der Waals surface area contributed by atoms with E-state index >= 15 is 0 Å². The van der Waals surface area contributed by atoms with Crippen LogP contribution in [0.1, 0.15) is 39.5 Å². The molecule has 16 heavy (non-hydrogen) atoms. The van der Waals surface area contributed by atoms with Gasteiger partial charge in [-0.2, -0.15) is 0 Å². The second kappa shape index (κ2) is 8.97. The van der Waals surface area contributed by atoms with E-state index in [4.69, 9.17) is 9.47 Å². The lowest BCUT2D eigenvalue weighted by molar-refractivity contribution is 0.0210. The normalized spacial score (nSPS) is 18.2. The van der Waals surface area contributed by atoms with Crippen molar-refractivity contribution >= 4 is 0 Å². The molecule has 3 nitrogen and oxygen atoms in total. The minimum Gasteiger partial charge on any atom is -0.381 e. The molecular formula is C13H27NO2. The standard InChI is InChI=1S/C13H27NO2/c1-3-13(4-2)14-7-10-16-11-12-5-8-15-9-6-12/h12-14H,3-11H2,1-2H3. The molecule has 1 aliphatic rings. The lowest BCUT2D eigenvalue weighted by Gasteiger charge is -2.22. The van der Waals surface area contributed by atoms with Crippen LogP contribution in [-0.2, 0) is 9.47 Å². The third kappa shape index (κ3) is 5.83. The Morgan fingerprint density at radius 1 is 1.25 bits per heavy atom. The van der Waals surface area contributed by atoms with E-state index in [1.54, 1.807) is 0 Å². The lowest BCUT2D eigenvalue weighted by atomic mass is 10.0. The van der Waals surface area contributed by atoms with Gasteiger partial charge in [0.2, 0.25) is 0 Å². The van der Waals surface area contributed by atoms with E-state index in [9.17, 15) is 0 Å². The van der Waals surface area contributed by atoms with Crippen molar-refractivity contribution in [3.05, 3.63) is 0 Å². The van der Waals surface area contributed by atoms with Gasteiger partial charge in [0.1, 0.15) is 0 Å². The van der Waals surface area contributed by atoms with Gasteiger partial charge < -0.3 is 14.8 Å². The molecule has 1 rings (SSSR count). The van der Waals surface area contributed by atoms with Crippen LogP contribution in [0.4, 0.5) is 0 Å². The highest BCUT2D eigenvalue weighted by molar-refractivity contribution is 4.64. The molecule has 1 N–H and O–H groups in total. The average molecular weight is 229 g/mol. The lowest BCUT2D eigenvalue weighted by Crippen LogP contribution is -2.31. The first-order valence-corrected chi connectivity index (χ1v) is 6.75. The van der Waals surface area contributed by atoms with Gasteiger partial charge in [0.15, 0.2) is 0 Å². The first kappa shape index (κ1) is 13.9. The van der Waals surface area contributed by atoms with Gasteiger partial charge in [-0.1, -0.05) is 13.8 Å². The third-order valence-electron chi connectivity index (χ3n) is 3.36. The zero-order valence-corrected chi connectivity index (χ0v) is 10.8. The summed E-state index contributed by atoms with van der Waals surface area (Å²) < 4.78 is 11.0. The molecule has 0 aromatic rings. The Bertz CT molecular complexity index is 154. The van der Waals surface area contributed by atoms with Crippen molar-refractivity contribution in [3.8, 4) is 0 Å². The van der Waals surface area contributed by atoms with E-state index in [2.05, 4.69) is 19.2 Å². The highest BCUT2D eigenvalue weighted by atomic mass is 16.5. The predicted molar refractivity (Wildman–Crippen MR) is 66.7 cm³/mol. The summed E-state index contributed by atoms with van der Waals surface area (Å²) in [6.07, 6.45) is 4.74. The van der Waals surface area contributed by atoms with E-state index in [1.807, 2.05) is 0 Å². The molecule has 0 atom stereocenters. The fourth-order valence-electron chi connectivity index (χ4n) is 2.08. The maximum absolute atomic E-state index is 5.69. The average Bonchev–Trinajstić information content (AvgIpc) is 2.35. The Morgan fingerprint density at radius 3 is 2.56 bits per heavy atom. The van der Waals surface area contributed by atoms with E-state index < -0.39 is 0 Å². The van der Waals surface area contributed by atoms with Crippen molar-refractivity contribution in [1.82, 2.24) is 5.32 Å². The number of hydrogen-bond acceptors (Lipinski definition) is 3. The zero-order chi connectivity index (χ0) is 11.6. The topological polar surface area (TPSA) is 30.5 Å². The van der Waals surface area contributed by atoms with Crippen LogP contribution in [0.15, 0.2) is 0 Å². The van der Waals surface area contributed by atoms with Gasteiger partial charge in [-0.15, -0.1) is 0 Å². The van der Waals surface area contributed by atoms with Gasteiger partial charge >= 0.3 is 0 Å². The monoisotopic (exact) mass is 229 g/mol. The minimum atomic E-state index is 0.659. The summed E-state index contributed by atoms with van der Waals surface area (Å²) in [4.78, 5) is 0. The quantitative estimate of drug-likeness (QED) is 0.647. The Labute approximate surface area is 99.9 Å². The fraction of sp³-hybridized carbons (Fsp3) is 1.00. The van der Waals surface area contributed by atoms with Crippen LogP contribution in [0.3, 0.4) is 0 Å². The van der Waals surface area contributed by atoms with Crippen molar-refractivity contribution in [1.29, 1.82) is 0 Å².